The third-order valence-corrected chi connectivity index (χ3v) is 10.2. The Morgan fingerprint density at radius 1 is 0.830 bits per heavy atom. The van der Waals surface area contributed by atoms with Crippen molar-refractivity contribution >= 4 is 50.7 Å². The normalized spacial score (nSPS) is 12.1. The van der Waals surface area contributed by atoms with Gasteiger partial charge in [0, 0.05) is 29.6 Å². The van der Waals surface area contributed by atoms with Gasteiger partial charge in [0.15, 0.2) is 0 Å². The highest BCUT2D eigenvalue weighted by Gasteiger charge is 2.35. The van der Waals surface area contributed by atoms with Crippen molar-refractivity contribution < 1.29 is 18.0 Å². The Morgan fingerprint density at radius 2 is 1.49 bits per heavy atom. The minimum atomic E-state index is -4.21. The maximum atomic E-state index is 14.7. The minimum Gasteiger partial charge on any atom is -0.354 e. The molecule has 4 aromatic carbocycles. The first-order chi connectivity index (χ1) is 22.3. The number of aryl methyl sites for hydroxylation is 3. The molecule has 47 heavy (non-hydrogen) atoms. The molecule has 248 valence electrons. The van der Waals surface area contributed by atoms with E-state index in [1.807, 2.05) is 77.1 Å². The maximum absolute atomic E-state index is 14.7. The van der Waals surface area contributed by atoms with E-state index < -0.39 is 28.5 Å². The summed E-state index contributed by atoms with van der Waals surface area (Å²) in [6.07, 6.45) is 0.204. The molecule has 0 heterocycles. The molecule has 4 rings (SSSR count). The van der Waals surface area contributed by atoms with E-state index in [0.29, 0.717) is 33.4 Å². The lowest BCUT2D eigenvalue weighted by Crippen LogP contribution is -2.53. The number of amides is 2. The Kier molecular flexibility index (Phi) is 12.1. The van der Waals surface area contributed by atoms with E-state index in [2.05, 4.69) is 5.32 Å². The molecular formula is C37H41Cl2N3O4S. The number of nitrogens with one attached hydrogen (secondary N) is 1. The lowest BCUT2D eigenvalue weighted by molar-refractivity contribution is -0.140. The smallest absolute Gasteiger partial charge is 0.264 e. The van der Waals surface area contributed by atoms with E-state index in [1.165, 1.54) is 17.0 Å². The second-order valence-corrected chi connectivity index (χ2v) is 14.9. The van der Waals surface area contributed by atoms with Gasteiger partial charge in [0.05, 0.1) is 10.6 Å². The zero-order valence-electron chi connectivity index (χ0n) is 27.3. The fraction of sp³-hybridized carbons (Fsp3) is 0.297. The van der Waals surface area contributed by atoms with Crippen molar-refractivity contribution in [3.63, 3.8) is 0 Å². The number of hydrogen-bond acceptors (Lipinski definition) is 4. The Bertz CT molecular complexity index is 1810. The average Bonchev–Trinajstić information content (AvgIpc) is 3.02. The topological polar surface area (TPSA) is 86.8 Å². The lowest BCUT2D eigenvalue weighted by Gasteiger charge is -2.34. The van der Waals surface area contributed by atoms with E-state index in [-0.39, 0.29) is 29.7 Å². The van der Waals surface area contributed by atoms with Gasteiger partial charge in [0.2, 0.25) is 11.8 Å². The number of rotatable bonds is 13. The second-order valence-electron chi connectivity index (χ2n) is 12.2. The average molecular weight is 695 g/mol. The van der Waals surface area contributed by atoms with Gasteiger partial charge in [-0.1, -0.05) is 109 Å². The Hall–Kier alpha value is -3.85. The highest BCUT2D eigenvalue weighted by Crippen LogP contribution is 2.29. The number of halogens is 2. The van der Waals surface area contributed by atoms with Gasteiger partial charge in [0.25, 0.3) is 10.0 Å². The molecule has 0 bridgehead atoms. The molecule has 0 saturated carbocycles. The van der Waals surface area contributed by atoms with Crippen LogP contribution in [-0.4, -0.2) is 44.3 Å². The largest absolute Gasteiger partial charge is 0.354 e. The van der Waals surface area contributed by atoms with Crippen LogP contribution in [0.1, 0.15) is 41.7 Å². The second kappa shape index (κ2) is 15.8. The first kappa shape index (κ1) is 36.0. The number of carbonyl (C=O) groups excluding carboxylic acids is 2. The van der Waals surface area contributed by atoms with Crippen LogP contribution in [-0.2, 0) is 32.6 Å². The Morgan fingerprint density at radius 3 is 2.11 bits per heavy atom. The summed E-state index contributed by atoms with van der Waals surface area (Å²) in [6.45, 7) is 9.39. The molecule has 0 aliphatic rings. The van der Waals surface area contributed by atoms with Crippen molar-refractivity contribution in [2.45, 2.75) is 58.5 Å². The fourth-order valence-electron chi connectivity index (χ4n) is 5.25. The standard InChI is InChI=1S/C37H41Cl2N3O4S/c1-25(2)22-40-37(44)35(20-29-9-7-6-8-10-29)41(23-30-14-15-31(38)21-33(30)39)36(43)24-42(34-18-13-27(4)19-28(34)5)47(45,46)32-16-11-26(3)12-17-32/h6-19,21,25,35H,20,22-24H2,1-5H3,(H,40,44). The summed E-state index contributed by atoms with van der Waals surface area (Å²) in [7, 11) is -4.21. The minimum absolute atomic E-state index is 0.0489. The number of carbonyl (C=O) groups is 2. The van der Waals surface area contributed by atoms with Gasteiger partial charge in [-0.15, -0.1) is 0 Å². The maximum Gasteiger partial charge on any atom is 0.264 e. The van der Waals surface area contributed by atoms with Crippen molar-refractivity contribution in [1.82, 2.24) is 10.2 Å². The summed E-state index contributed by atoms with van der Waals surface area (Å²) in [5.74, 6) is -0.737. The van der Waals surface area contributed by atoms with Crippen molar-refractivity contribution in [1.29, 1.82) is 0 Å². The number of hydrogen-bond donors (Lipinski definition) is 1. The van der Waals surface area contributed by atoms with Gasteiger partial charge in [-0.2, -0.15) is 0 Å². The van der Waals surface area contributed by atoms with Gasteiger partial charge in [-0.25, -0.2) is 8.42 Å². The molecule has 1 unspecified atom stereocenters. The molecule has 0 aliphatic carbocycles. The van der Waals surface area contributed by atoms with Crippen LogP contribution in [0.25, 0.3) is 0 Å². The van der Waals surface area contributed by atoms with Crippen molar-refractivity contribution in [3.05, 3.63) is 129 Å². The Labute approximate surface area is 288 Å². The predicted octanol–water partition coefficient (Wildman–Crippen LogP) is 7.53. The molecule has 0 aliphatic heterocycles. The van der Waals surface area contributed by atoms with Crippen LogP contribution >= 0.6 is 23.2 Å². The molecule has 1 atom stereocenters. The predicted molar refractivity (Wildman–Crippen MR) is 190 cm³/mol. The van der Waals surface area contributed by atoms with Gasteiger partial charge in [0.1, 0.15) is 12.6 Å². The molecule has 0 fully saturated rings. The monoisotopic (exact) mass is 693 g/mol. The molecule has 4 aromatic rings. The zero-order chi connectivity index (χ0) is 34.3. The summed E-state index contributed by atoms with van der Waals surface area (Å²) < 4.78 is 29.7. The van der Waals surface area contributed by atoms with Crippen molar-refractivity contribution in [3.8, 4) is 0 Å². The molecule has 2 amide bonds. The summed E-state index contributed by atoms with van der Waals surface area (Å²) in [4.78, 5) is 30.1. The molecule has 0 aromatic heterocycles. The van der Waals surface area contributed by atoms with Crippen LogP contribution in [0.3, 0.4) is 0 Å². The zero-order valence-corrected chi connectivity index (χ0v) is 29.7. The van der Waals surface area contributed by atoms with Crippen LogP contribution in [0.2, 0.25) is 10.0 Å². The van der Waals surface area contributed by atoms with Gasteiger partial charge in [-0.3, -0.25) is 13.9 Å². The number of anilines is 1. The van der Waals surface area contributed by atoms with Crippen LogP contribution in [0.5, 0.6) is 0 Å². The molecule has 0 saturated heterocycles. The third kappa shape index (κ3) is 9.37. The molecule has 0 spiro atoms. The first-order valence-corrected chi connectivity index (χ1v) is 17.7. The molecule has 1 N–H and O–H groups in total. The Balaban J connectivity index is 1.84. The van der Waals surface area contributed by atoms with E-state index >= 15 is 0 Å². The van der Waals surface area contributed by atoms with Crippen molar-refractivity contribution in [2.75, 3.05) is 17.4 Å². The molecule has 7 nitrogen and oxygen atoms in total. The summed E-state index contributed by atoms with van der Waals surface area (Å²) in [5, 5.41) is 3.75. The third-order valence-electron chi connectivity index (χ3n) is 7.82. The summed E-state index contributed by atoms with van der Waals surface area (Å²) in [5.41, 5.74) is 4.33. The summed E-state index contributed by atoms with van der Waals surface area (Å²) >= 11 is 12.8. The van der Waals surface area contributed by atoms with Crippen LogP contribution in [0.4, 0.5) is 5.69 Å². The number of nitrogens with zero attached hydrogens (tertiary/aromatic N) is 2. The number of sulfonamides is 1. The van der Waals surface area contributed by atoms with Gasteiger partial charge in [-0.05, 0) is 73.7 Å². The van der Waals surface area contributed by atoms with E-state index in [9.17, 15) is 18.0 Å². The van der Waals surface area contributed by atoms with Crippen LogP contribution < -0.4 is 9.62 Å². The first-order valence-electron chi connectivity index (χ1n) is 15.5. The quantitative estimate of drug-likeness (QED) is 0.157. The van der Waals surface area contributed by atoms with Crippen LogP contribution in [0.15, 0.2) is 95.9 Å². The lowest BCUT2D eigenvalue weighted by atomic mass is 10.0. The van der Waals surface area contributed by atoms with Crippen LogP contribution in [0, 0.1) is 26.7 Å². The summed E-state index contributed by atoms with van der Waals surface area (Å²) in [6, 6.07) is 25.3. The fourth-order valence-corrected chi connectivity index (χ4v) is 7.19. The molecular weight excluding hydrogens is 653 g/mol. The van der Waals surface area contributed by atoms with E-state index in [1.54, 1.807) is 36.4 Å². The highest BCUT2D eigenvalue weighted by atomic mass is 35.5. The number of benzene rings is 4. The SMILES string of the molecule is Cc1ccc(S(=O)(=O)N(CC(=O)N(Cc2ccc(Cl)cc2Cl)C(Cc2ccccc2)C(=O)NCC(C)C)c2ccc(C)cc2C)cc1. The highest BCUT2D eigenvalue weighted by molar-refractivity contribution is 7.92. The van der Waals surface area contributed by atoms with Crippen molar-refractivity contribution in [2.24, 2.45) is 5.92 Å². The van der Waals surface area contributed by atoms with E-state index in [4.69, 9.17) is 23.2 Å². The van der Waals surface area contributed by atoms with Gasteiger partial charge < -0.3 is 10.2 Å². The molecule has 10 heteroatoms. The van der Waals surface area contributed by atoms with Gasteiger partial charge >= 0.3 is 0 Å². The molecule has 0 radical (unpaired) electrons. The van der Waals surface area contributed by atoms with E-state index in [0.717, 1.165) is 21.0 Å².